The number of nitrogens with zero attached hydrogens (tertiary/aromatic N) is 5. The third kappa shape index (κ3) is 4.17. The van der Waals surface area contributed by atoms with Gasteiger partial charge in [-0.25, -0.2) is 4.39 Å². The van der Waals surface area contributed by atoms with Gasteiger partial charge in [-0.1, -0.05) is 25.1 Å². The molecule has 0 radical (unpaired) electrons. The van der Waals surface area contributed by atoms with Gasteiger partial charge in [-0.3, -0.25) is 0 Å². The summed E-state index contributed by atoms with van der Waals surface area (Å²) in [6, 6.07) is 6.83. The zero-order valence-corrected chi connectivity index (χ0v) is 14.0. The molecule has 2 aromatic rings. The van der Waals surface area contributed by atoms with E-state index in [4.69, 9.17) is 0 Å². The van der Waals surface area contributed by atoms with Crippen LogP contribution in [0.1, 0.15) is 12.5 Å². The summed E-state index contributed by atoms with van der Waals surface area (Å²) >= 11 is 0. The maximum absolute atomic E-state index is 13.6. The molecule has 0 unspecified atom stereocenters. The minimum absolute atomic E-state index is 0.172. The highest BCUT2D eigenvalue weighted by Crippen LogP contribution is 2.13. The van der Waals surface area contributed by atoms with Gasteiger partial charge in [0, 0.05) is 32.7 Å². The minimum atomic E-state index is -0.172. The van der Waals surface area contributed by atoms with E-state index in [1.165, 1.54) is 6.07 Å². The Balaban J connectivity index is 1.55. The SMILES string of the molecule is CCN1CCN(c2nncc(NCCc3ccccc3F)n2)CC1. The lowest BCUT2D eigenvalue weighted by Crippen LogP contribution is -2.46. The van der Waals surface area contributed by atoms with Crippen LogP contribution in [-0.4, -0.2) is 59.3 Å². The predicted octanol–water partition coefficient (Wildman–Crippen LogP) is 1.81. The Morgan fingerprint density at radius 2 is 1.96 bits per heavy atom. The predicted molar refractivity (Wildman–Crippen MR) is 92.7 cm³/mol. The van der Waals surface area contributed by atoms with Gasteiger partial charge in [0.15, 0.2) is 5.82 Å². The van der Waals surface area contributed by atoms with Crippen LogP contribution in [0.15, 0.2) is 30.5 Å². The number of aromatic nitrogens is 3. The van der Waals surface area contributed by atoms with E-state index >= 15 is 0 Å². The first-order valence-corrected chi connectivity index (χ1v) is 8.40. The standard InChI is InChI=1S/C17H23FN6/c1-2-23-9-11-24(12-10-23)17-21-16(13-20-22-17)19-8-7-14-5-3-4-6-15(14)18/h3-6,13H,2,7-12H2,1H3,(H,19,21,22). The topological polar surface area (TPSA) is 57.2 Å². The molecule has 1 saturated heterocycles. The van der Waals surface area contributed by atoms with Crippen LogP contribution < -0.4 is 10.2 Å². The molecule has 1 aromatic carbocycles. The maximum Gasteiger partial charge on any atom is 0.247 e. The fraction of sp³-hybridized carbons (Fsp3) is 0.471. The molecule has 0 spiro atoms. The summed E-state index contributed by atoms with van der Waals surface area (Å²) in [7, 11) is 0. The molecule has 1 aliphatic rings. The highest BCUT2D eigenvalue weighted by Gasteiger charge is 2.18. The number of rotatable bonds is 6. The first kappa shape index (κ1) is 16.6. The van der Waals surface area contributed by atoms with E-state index in [1.807, 2.05) is 6.07 Å². The summed E-state index contributed by atoms with van der Waals surface area (Å²) in [5.41, 5.74) is 0.697. The summed E-state index contributed by atoms with van der Waals surface area (Å²) in [6.45, 7) is 7.71. The summed E-state index contributed by atoms with van der Waals surface area (Å²) < 4.78 is 13.6. The van der Waals surface area contributed by atoms with Crippen LogP contribution in [0.25, 0.3) is 0 Å². The van der Waals surface area contributed by atoms with Crippen LogP contribution in [0.3, 0.4) is 0 Å². The number of nitrogens with one attached hydrogen (secondary N) is 1. The van der Waals surface area contributed by atoms with Crippen molar-refractivity contribution in [1.82, 2.24) is 20.1 Å². The average molecular weight is 330 g/mol. The molecular formula is C17H23FN6. The van der Waals surface area contributed by atoms with Crippen LogP contribution in [-0.2, 0) is 6.42 Å². The van der Waals surface area contributed by atoms with E-state index in [2.05, 4.69) is 37.2 Å². The van der Waals surface area contributed by atoms with Gasteiger partial charge in [0.05, 0.1) is 6.20 Å². The van der Waals surface area contributed by atoms with Crippen molar-refractivity contribution in [3.63, 3.8) is 0 Å². The van der Waals surface area contributed by atoms with Gasteiger partial charge in [0.25, 0.3) is 0 Å². The van der Waals surface area contributed by atoms with Gasteiger partial charge in [-0.2, -0.15) is 10.1 Å². The summed E-state index contributed by atoms with van der Waals surface area (Å²) in [6.07, 6.45) is 2.20. The van der Waals surface area contributed by atoms with Crippen LogP contribution in [0.4, 0.5) is 16.2 Å². The Morgan fingerprint density at radius 3 is 2.71 bits per heavy atom. The molecule has 1 aliphatic heterocycles. The Morgan fingerprint density at radius 1 is 1.17 bits per heavy atom. The molecule has 6 nitrogen and oxygen atoms in total. The molecule has 24 heavy (non-hydrogen) atoms. The zero-order valence-electron chi connectivity index (χ0n) is 14.0. The van der Waals surface area contributed by atoms with Crippen molar-refractivity contribution in [1.29, 1.82) is 0 Å². The number of likely N-dealkylation sites (N-methyl/N-ethyl adjacent to an activating group) is 1. The Bertz CT molecular complexity index is 657. The molecule has 2 heterocycles. The van der Waals surface area contributed by atoms with E-state index in [0.717, 1.165) is 32.7 Å². The van der Waals surface area contributed by atoms with Crippen LogP contribution in [0.5, 0.6) is 0 Å². The first-order chi connectivity index (χ1) is 11.8. The number of piperazine rings is 1. The summed E-state index contributed by atoms with van der Waals surface area (Å²) in [4.78, 5) is 9.09. The smallest absolute Gasteiger partial charge is 0.247 e. The molecule has 1 N–H and O–H groups in total. The third-order valence-electron chi connectivity index (χ3n) is 4.31. The number of benzene rings is 1. The van der Waals surface area contributed by atoms with Crippen molar-refractivity contribution in [2.24, 2.45) is 0 Å². The highest BCUT2D eigenvalue weighted by atomic mass is 19.1. The van der Waals surface area contributed by atoms with E-state index in [1.54, 1.807) is 18.3 Å². The number of hydrogen-bond donors (Lipinski definition) is 1. The highest BCUT2D eigenvalue weighted by molar-refractivity contribution is 5.39. The van der Waals surface area contributed by atoms with Gasteiger partial charge in [0.2, 0.25) is 5.95 Å². The zero-order chi connectivity index (χ0) is 16.8. The average Bonchev–Trinajstić information content (AvgIpc) is 2.64. The lowest BCUT2D eigenvalue weighted by Gasteiger charge is -2.33. The molecular weight excluding hydrogens is 307 g/mol. The van der Waals surface area contributed by atoms with E-state index in [9.17, 15) is 4.39 Å². The van der Waals surface area contributed by atoms with Crippen molar-refractivity contribution in [2.75, 3.05) is 49.5 Å². The Kier molecular flexibility index (Phi) is 5.53. The normalized spacial score (nSPS) is 15.5. The van der Waals surface area contributed by atoms with E-state index < -0.39 is 0 Å². The van der Waals surface area contributed by atoms with Crippen molar-refractivity contribution < 1.29 is 4.39 Å². The fourth-order valence-electron chi connectivity index (χ4n) is 2.80. The van der Waals surface area contributed by atoms with Crippen molar-refractivity contribution >= 4 is 11.8 Å². The lowest BCUT2D eigenvalue weighted by molar-refractivity contribution is 0.269. The largest absolute Gasteiger partial charge is 0.368 e. The van der Waals surface area contributed by atoms with Crippen LogP contribution >= 0.6 is 0 Å². The van der Waals surface area contributed by atoms with Crippen molar-refractivity contribution in [3.8, 4) is 0 Å². The van der Waals surface area contributed by atoms with E-state index in [0.29, 0.717) is 30.3 Å². The van der Waals surface area contributed by atoms with Gasteiger partial charge < -0.3 is 15.1 Å². The van der Waals surface area contributed by atoms with E-state index in [-0.39, 0.29) is 5.82 Å². The first-order valence-electron chi connectivity index (χ1n) is 8.40. The second-order valence-corrected chi connectivity index (χ2v) is 5.83. The Labute approximate surface area is 141 Å². The molecule has 0 atom stereocenters. The molecule has 0 aliphatic carbocycles. The number of halogens is 1. The second kappa shape index (κ2) is 8.01. The number of hydrogen-bond acceptors (Lipinski definition) is 6. The summed E-state index contributed by atoms with van der Waals surface area (Å²) in [5.74, 6) is 1.16. The minimum Gasteiger partial charge on any atom is -0.368 e. The lowest BCUT2D eigenvalue weighted by atomic mass is 10.1. The fourth-order valence-corrected chi connectivity index (χ4v) is 2.80. The monoisotopic (exact) mass is 330 g/mol. The van der Waals surface area contributed by atoms with Crippen LogP contribution in [0, 0.1) is 5.82 Å². The molecule has 7 heteroatoms. The maximum atomic E-state index is 13.6. The molecule has 1 aromatic heterocycles. The quantitative estimate of drug-likeness (QED) is 0.872. The van der Waals surface area contributed by atoms with Gasteiger partial charge in [-0.05, 0) is 24.6 Å². The molecule has 128 valence electrons. The van der Waals surface area contributed by atoms with Crippen molar-refractivity contribution in [3.05, 3.63) is 41.8 Å². The molecule has 3 rings (SSSR count). The number of anilines is 2. The summed E-state index contributed by atoms with van der Waals surface area (Å²) in [5, 5.41) is 11.4. The molecule has 0 saturated carbocycles. The molecule has 0 bridgehead atoms. The third-order valence-corrected chi connectivity index (χ3v) is 4.31. The Hall–Kier alpha value is -2.28. The molecule has 1 fully saturated rings. The van der Waals surface area contributed by atoms with Gasteiger partial charge in [-0.15, -0.1) is 5.10 Å². The van der Waals surface area contributed by atoms with Crippen molar-refractivity contribution in [2.45, 2.75) is 13.3 Å². The molecule has 0 amide bonds. The van der Waals surface area contributed by atoms with Gasteiger partial charge >= 0.3 is 0 Å². The second-order valence-electron chi connectivity index (χ2n) is 5.83. The van der Waals surface area contributed by atoms with Crippen LogP contribution in [0.2, 0.25) is 0 Å². The van der Waals surface area contributed by atoms with Gasteiger partial charge in [0.1, 0.15) is 5.82 Å².